The maximum absolute atomic E-state index is 5.63. The maximum atomic E-state index is 5.63. The van der Waals surface area contributed by atoms with Gasteiger partial charge >= 0.3 is 0 Å². The molecule has 0 N–H and O–H groups in total. The minimum Gasteiger partial charge on any atom is -0.381 e. The summed E-state index contributed by atoms with van der Waals surface area (Å²) in [6.45, 7) is 8.55. The van der Waals surface area contributed by atoms with E-state index in [-0.39, 0.29) is 0 Å². The summed E-state index contributed by atoms with van der Waals surface area (Å²) in [7, 11) is 0. The minimum atomic E-state index is 0.823. The largest absolute Gasteiger partial charge is 0.381 e. The van der Waals surface area contributed by atoms with Crippen molar-refractivity contribution in [3.8, 4) is 0 Å². The molecule has 0 aromatic rings. The summed E-state index contributed by atoms with van der Waals surface area (Å²) in [5, 5.41) is 0. The van der Waals surface area contributed by atoms with Crippen molar-refractivity contribution in [3.63, 3.8) is 0 Å². The van der Waals surface area contributed by atoms with Crippen LogP contribution in [-0.4, -0.2) is 13.2 Å². The van der Waals surface area contributed by atoms with E-state index in [4.69, 9.17) is 4.74 Å². The molecular weight excluding hydrogens is 220 g/mol. The van der Waals surface area contributed by atoms with Gasteiger partial charge in [-0.25, -0.2) is 0 Å². The average Bonchev–Trinajstić information content (AvgIpc) is 2.39. The number of hydrogen-bond donors (Lipinski definition) is 0. The van der Waals surface area contributed by atoms with E-state index in [1.165, 1.54) is 70.6 Å². The Kier molecular flexibility index (Phi) is 15.0. The highest BCUT2D eigenvalue weighted by Crippen LogP contribution is 2.19. The molecule has 0 heterocycles. The van der Waals surface area contributed by atoms with E-state index >= 15 is 0 Å². The molecule has 110 valence electrons. The molecule has 1 atom stereocenters. The van der Waals surface area contributed by atoms with Gasteiger partial charge < -0.3 is 4.74 Å². The van der Waals surface area contributed by atoms with Crippen LogP contribution in [0.4, 0.5) is 0 Å². The molecule has 0 saturated heterocycles. The van der Waals surface area contributed by atoms with E-state index in [0.717, 1.165) is 19.1 Å². The van der Waals surface area contributed by atoms with Crippen molar-refractivity contribution >= 4 is 0 Å². The molecule has 0 amide bonds. The fourth-order valence-corrected chi connectivity index (χ4v) is 2.49. The predicted molar refractivity (Wildman–Crippen MR) is 82.1 cm³/mol. The van der Waals surface area contributed by atoms with E-state index in [0.29, 0.717) is 0 Å². The van der Waals surface area contributed by atoms with Gasteiger partial charge in [-0.15, -0.1) is 0 Å². The van der Waals surface area contributed by atoms with E-state index < -0.39 is 0 Å². The zero-order chi connectivity index (χ0) is 13.5. The van der Waals surface area contributed by atoms with Gasteiger partial charge in [-0.3, -0.25) is 0 Å². The molecule has 1 heteroatoms. The van der Waals surface area contributed by atoms with Crippen molar-refractivity contribution in [2.45, 2.75) is 91.4 Å². The molecule has 1 unspecified atom stereocenters. The standard InChI is InChI=1S/C17H36O/c1-4-7-9-11-13-15-17(16-18-6-3)14-12-10-8-5-2/h17H,4-16H2,1-3H3. The van der Waals surface area contributed by atoms with Crippen molar-refractivity contribution in [2.75, 3.05) is 13.2 Å². The Morgan fingerprint density at radius 1 is 0.667 bits per heavy atom. The SMILES string of the molecule is CCCCCCCC(CCCCCC)COCC. The van der Waals surface area contributed by atoms with Crippen LogP contribution in [0.15, 0.2) is 0 Å². The molecule has 0 aliphatic rings. The van der Waals surface area contributed by atoms with Gasteiger partial charge in [0.1, 0.15) is 0 Å². The second-order valence-corrected chi connectivity index (χ2v) is 5.58. The average molecular weight is 256 g/mol. The lowest BCUT2D eigenvalue weighted by Crippen LogP contribution is -2.10. The highest BCUT2D eigenvalue weighted by atomic mass is 16.5. The zero-order valence-electron chi connectivity index (χ0n) is 13.2. The molecule has 0 spiro atoms. The van der Waals surface area contributed by atoms with Crippen molar-refractivity contribution in [2.24, 2.45) is 5.92 Å². The fraction of sp³-hybridized carbons (Fsp3) is 1.00. The van der Waals surface area contributed by atoms with Crippen LogP contribution < -0.4 is 0 Å². The van der Waals surface area contributed by atoms with Gasteiger partial charge in [-0.05, 0) is 25.7 Å². The van der Waals surface area contributed by atoms with Crippen LogP contribution in [0.1, 0.15) is 91.4 Å². The monoisotopic (exact) mass is 256 g/mol. The quantitative estimate of drug-likeness (QED) is 0.348. The fourth-order valence-electron chi connectivity index (χ4n) is 2.49. The van der Waals surface area contributed by atoms with Gasteiger partial charge in [0.05, 0.1) is 0 Å². The topological polar surface area (TPSA) is 9.23 Å². The van der Waals surface area contributed by atoms with E-state index in [2.05, 4.69) is 20.8 Å². The Morgan fingerprint density at radius 3 is 1.67 bits per heavy atom. The van der Waals surface area contributed by atoms with E-state index in [1.807, 2.05) is 0 Å². The number of ether oxygens (including phenoxy) is 1. The second kappa shape index (κ2) is 15.0. The third-order valence-electron chi connectivity index (χ3n) is 3.74. The summed E-state index contributed by atoms with van der Waals surface area (Å²) in [6.07, 6.45) is 15.3. The lowest BCUT2D eigenvalue weighted by molar-refractivity contribution is 0.101. The van der Waals surface area contributed by atoms with Crippen molar-refractivity contribution < 1.29 is 4.74 Å². The molecule has 0 saturated carbocycles. The van der Waals surface area contributed by atoms with Crippen molar-refractivity contribution in [1.82, 2.24) is 0 Å². The molecule has 0 rings (SSSR count). The third kappa shape index (κ3) is 12.4. The molecule has 0 bridgehead atoms. The number of rotatable bonds is 14. The zero-order valence-corrected chi connectivity index (χ0v) is 13.2. The van der Waals surface area contributed by atoms with Gasteiger partial charge in [0.25, 0.3) is 0 Å². The summed E-state index contributed by atoms with van der Waals surface area (Å²) in [5.74, 6) is 0.823. The van der Waals surface area contributed by atoms with Crippen LogP contribution in [-0.2, 0) is 4.74 Å². The Morgan fingerprint density at radius 2 is 1.17 bits per heavy atom. The van der Waals surface area contributed by atoms with E-state index in [9.17, 15) is 0 Å². The third-order valence-corrected chi connectivity index (χ3v) is 3.74. The van der Waals surface area contributed by atoms with Gasteiger partial charge in [0, 0.05) is 13.2 Å². The lowest BCUT2D eigenvalue weighted by atomic mass is 9.95. The van der Waals surface area contributed by atoms with Gasteiger partial charge in [0.15, 0.2) is 0 Å². The second-order valence-electron chi connectivity index (χ2n) is 5.58. The summed E-state index contributed by atoms with van der Waals surface area (Å²) < 4.78 is 5.63. The van der Waals surface area contributed by atoms with Crippen molar-refractivity contribution in [3.05, 3.63) is 0 Å². The van der Waals surface area contributed by atoms with Gasteiger partial charge in [-0.2, -0.15) is 0 Å². The molecule has 0 aromatic carbocycles. The molecule has 1 nitrogen and oxygen atoms in total. The Hall–Kier alpha value is -0.0400. The van der Waals surface area contributed by atoms with Gasteiger partial charge in [0.2, 0.25) is 0 Å². The molecule has 0 aromatic heterocycles. The summed E-state index contributed by atoms with van der Waals surface area (Å²) in [5.41, 5.74) is 0. The molecule has 0 aliphatic heterocycles. The highest BCUT2D eigenvalue weighted by molar-refractivity contribution is 4.60. The molecule has 0 fully saturated rings. The van der Waals surface area contributed by atoms with Crippen LogP contribution in [0.3, 0.4) is 0 Å². The normalized spacial score (nSPS) is 12.8. The first-order valence-electron chi connectivity index (χ1n) is 8.42. The summed E-state index contributed by atoms with van der Waals surface area (Å²) >= 11 is 0. The first-order valence-corrected chi connectivity index (χ1v) is 8.42. The minimum absolute atomic E-state index is 0.823. The van der Waals surface area contributed by atoms with Crippen LogP contribution >= 0.6 is 0 Å². The predicted octanol–water partition coefficient (Wildman–Crippen LogP) is 5.97. The Bertz CT molecular complexity index is 145. The smallest absolute Gasteiger partial charge is 0.0494 e. The number of unbranched alkanes of at least 4 members (excludes halogenated alkanes) is 7. The van der Waals surface area contributed by atoms with E-state index in [1.54, 1.807) is 0 Å². The highest BCUT2D eigenvalue weighted by Gasteiger charge is 2.08. The van der Waals surface area contributed by atoms with Crippen molar-refractivity contribution in [1.29, 1.82) is 0 Å². The molecule has 0 aliphatic carbocycles. The molecule has 0 radical (unpaired) electrons. The van der Waals surface area contributed by atoms with Crippen LogP contribution in [0.25, 0.3) is 0 Å². The molecule has 18 heavy (non-hydrogen) atoms. The maximum Gasteiger partial charge on any atom is 0.0494 e. The van der Waals surface area contributed by atoms with Crippen LogP contribution in [0, 0.1) is 5.92 Å². The Balaban J connectivity index is 3.56. The van der Waals surface area contributed by atoms with Crippen LogP contribution in [0.5, 0.6) is 0 Å². The number of hydrogen-bond acceptors (Lipinski definition) is 1. The van der Waals surface area contributed by atoms with Crippen LogP contribution in [0.2, 0.25) is 0 Å². The summed E-state index contributed by atoms with van der Waals surface area (Å²) in [6, 6.07) is 0. The first kappa shape index (κ1) is 18.0. The van der Waals surface area contributed by atoms with Gasteiger partial charge in [-0.1, -0.05) is 71.6 Å². The molecular formula is C17H36O. The first-order chi connectivity index (χ1) is 8.85. The summed E-state index contributed by atoms with van der Waals surface area (Å²) in [4.78, 5) is 0. The Labute approximate surface area is 116 Å². The lowest BCUT2D eigenvalue weighted by Gasteiger charge is -2.16.